The van der Waals surface area contributed by atoms with Gasteiger partial charge in [0.05, 0.1) is 17.5 Å². The van der Waals surface area contributed by atoms with Crippen molar-refractivity contribution in [1.29, 1.82) is 0 Å². The van der Waals surface area contributed by atoms with E-state index in [1.54, 1.807) is 6.20 Å². The molecule has 0 fully saturated rings. The number of aryl methyl sites for hydroxylation is 2. The zero-order chi connectivity index (χ0) is 17.1. The van der Waals surface area contributed by atoms with Gasteiger partial charge in [-0.1, -0.05) is 12.1 Å². The number of aliphatic imine (C=N–C) groups is 1. The summed E-state index contributed by atoms with van der Waals surface area (Å²) in [6.45, 7) is 3.40. The summed E-state index contributed by atoms with van der Waals surface area (Å²) >= 11 is 0. The molecule has 0 spiro atoms. The molecule has 8 heteroatoms. The third-order valence-corrected chi connectivity index (χ3v) is 4.26. The molecule has 1 aromatic carbocycles. The smallest absolute Gasteiger partial charge is 0.252 e. The Morgan fingerprint density at radius 3 is 2.96 bits per heavy atom. The number of hydrogen-bond acceptors (Lipinski definition) is 3. The summed E-state index contributed by atoms with van der Waals surface area (Å²) in [5, 5.41) is 7.32. The van der Waals surface area contributed by atoms with Crippen LogP contribution in [0.1, 0.15) is 28.0 Å². The molecule has 25 heavy (non-hydrogen) atoms. The largest absolute Gasteiger partial charge is 0.370 e. The molecule has 1 aliphatic heterocycles. The molecule has 1 atom stereocenters. The highest BCUT2D eigenvalue weighted by molar-refractivity contribution is 14.0. The van der Waals surface area contributed by atoms with Crippen molar-refractivity contribution in [2.45, 2.75) is 26.3 Å². The zero-order valence-electron chi connectivity index (χ0n) is 14.1. The van der Waals surface area contributed by atoms with Gasteiger partial charge in [0.15, 0.2) is 5.96 Å². The van der Waals surface area contributed by atoms with E-state index in [-0.39, 0.29) is 24.0 Å². The lowest BCUT2D eigenvalue weighted by molar-refractivity contribution is 0.0998. The molecular formula is C17H23IN6O. The van der Waals surface area contributed by atoms with Gasteiger partial charge >= 0.3 is 0 Å². The second-order valence-electron chi connectivity index (χ2n) is 6.17. The lowest BCUT2D eigenvalue weighted by Crippen LogP contribution is -2.27. The summed E-state index contributed by atoms with van der Waals surface area (Å²) in [5.74, 6) is 0.293. The summed E-state index contributed by atoms with van der Waals surface area (Å²) in [5.41, 5.74) is 14.9. The van der Waals surface area contributed by atoms with Gasteiger partial charge in [-0.2, -0.15) is 5.10 Å². The monoisotopic (exact) mass is 454 g/mol. The predicted molar refractivity (Wildman–Crippen MR) is 109 cm³/mol. The first-order valence-electron chi connectivity index (χ1n) is 8.01. The van der Waals surface area contributed by atoms with E-state index in [0.717, 1.165) is 36.3 Å². The number of anilines is 1. The Morgan fingerprint density at radius 1 is 1.44 bits per heavy atom. The van der Waals surface area contributed by atoms with Gasteiger partial charge in [-0.3, -0.25) is 14.5 Å². The molecule has 0 saturated carbocycles. The number of hydrogen-bond donors (Lipinski definition) is 3. The molecule has 0 radical (unpaired) electrons. The van der Waals surface area contributed by atoms with Gasteiger partial charge in [-0.15, -0.1) is 24.0 Å². The highest BCUT2D eigenvalue weighted by Gasteiger charge is 2.24. The normalized spacial score (nSPS) is 16.7. The quantitative estimate of drug-likeness (QED) is 0.372. The molecule has 134 valence electrons. The minimum Gasteiger partial charge on any atom is -0.370 e. The topological polar surface area (TPSA) is 111 Å². The molecule has 2 heterocycles. The first-order valence-corrected chi connectivity index (χ1v) is 8.01. The Balaban J connectivity index is 0.00000225. The van der Waals surface area contributed by atoms with Crippen LogP contribution in [-0.4, -0.2) is 28.2 Å². The van der Waals surface area contributed by atoms with Crippen LogP contribution in [-0.2, 0) is 13.0 Å². The maximum atomic E-state index is 11.4. The van der Waals surface area contributed by atoms with E-state index in [2.05, 4.69) is 15.4 Å². The number of amides is 1. The number of primary amides is 1. The van der Waals surface area contributed by atoms with Crippen molar-refractivity contribution in [3.05, 3.63) is 47.3 Å². The molecule has 0 bridgehead atoms. The van der Waals surface area contributed by atoms with Crippen molar-refractivity contribution in [3.8, 4) is 0 Å². The molecule has 1 amide bonds. The van der Waals surface area contributed by atoms with Crippen LogP contribution in [0.5, 0.6) is 0 Å². The van der Waals surface area contributed by atoms with Crippen molar-refractivity contribution < 1.29 is 4.79 Å². The maximum Gasteiger partial charge on any atom is 0.252 e. The number of halogens is 1. The van der Waals surface area contributed by atoms with Crippen molar-refractivity contribution >= 4 is 41.5 Å². The van der Waals surface area contributed by atoms with Crippen LogP contribution in [0.3, 0.4) is 0 Å². The van der Waals surface area contributed by atoms with E-state index in [4.69, 9.17) is 11.5 Å². The average molecular weight is 454 g/mol. The molecule has 5 N–H and O–H groups in total. The number of rotatable bonds is 4. The van der Waals surface area contributed by atoms with Crippen LogP contribution < -0.4 is 16.8 Å². The van der Waals surface area contributed by atoms with Crippen LogP contribution in [0.25, 0.3) is 0 Å². The Bertz CT molecular complexity index is 785. The fourth-order valence-corrected chi connectivity index (χ4v) is 3.00. The maximum absolute atomic E-state index is 11.4. The number of nitrogens with zero attached hydrogens (tertiary/aromatic N) is 3. The van der Waals surface area contributed by atoms with E-state index in [1.807, 2.05) is 35.9 Å². The van der Waals surface area contributed by atoms with Crippen LogP contribution >= 0.6 is 24.0 Å². The van der Waals surface area contributed by atoms with Crippen LogP contribution in [0.4, 0.5) is 5.69 Å². The highest BCUT2D eigenvalue weighted by Crippen LogP contribution is 2.23. The Kier molecular flexibility index (Phi) is 6.40. The Morgan fingerprint density at radius 2 is 2.24 bits per heavy atom. The Hall–Kier alpha value is -2.10. The van der Waals surface area contributed by atoms with E-state index in [9.17, 15) is 4.79 Å². The minimum absolute atomic E-state index is 0. The number of fused-ring (bicyclic) bond motifs is 1. The number of benzene rings is 1. The van der Waals surface area contributed by atoms with Crippen molar-refractivity contribution in [1.82, 2.24) is 9.78 Å². The summed E-state index contributed by atoms with van der Waals surface area (Å²) < 4.78 is 1.86. The molecule has 7 nitrogen and oxygen atoms in total. The summed E-state index contributed by atoms with van der Waals surface area (Å²) in [6.07, 6.45) is 3.24. The van der Waals surface area contributed by atoms with E-state index in [1.165, 1.54) is 0 Å². The van der Waals surface area contributed by atoms with Gasteiger partial charge in [-0.05, 0) is 43.4 Å². The molecule has 3 rings (SSSR count). The van der Waals surface area contributed by atoms with Gasteiger partial charge in [0.1, 0.15) is 0 Å². The summed E-state index contributed by atoms with van der Waals surface area (Å²) in [4.78, 5) is 15.9. The van der Waals surface area contributed by atoms with E-state index >= 15 is 0 Å². The van der Waals surface area contributed by atoms with Gasteiger partial charge in [0.2, 0.25) is 0 Å². The van der Waals surface area contributed by atoms with Crippen molar-refractivity contribution in [2.24, 2.45) is 22.4 Å². The molecule has 2 aromatic rings. The summed E-state index contributed by atoms with van der Waals surface area (Å²) in [7, 11) is 0. The van der Waals surface area contributed by atoms with Crippen molar-refractivity contribution in [2.75, 3.05) is 11.9 Å². The third-order valence-electron chi connectivity index (χ3n) is 4.26. The standard InChI is InChI=1S/C17H22N6O.HI/c1-11-3-2-4-13(7-11)22-17(19)20-9-12-5-6-23-15(8-12)14(10-21-23)16(18)24;/h2-4,7,10,12H,5-6,8-9H2,1H3,(H2,18,24)(H3,19,20,22);1H. The number of carbonyl (C=O) groups excluding carboxylic acids is 1. The minimum atomic E-state index is -0.430. The van der Waals surface area contributed by atoms with Gasteiger partial charge in [0, 0.05) is 18.8 Å². The average Bonchev–Trinajstić information content (AvgIpc) is 2.96. The molecule has 1 aliphatic rings. The molecule has 0 aliphatic carbocycles. The number of nitrogens with two attached hydrogens (primary N) is 2. The molecular weight excluding hydrogens is 431 g/mol. The zero-order valence-corrected chi connectivity index (χ0v) is 16.4. The fraction of sp³-hybridized carbons (Fsp3) is 0.353. The van der Waals surface area contributed by atoms with Gasteiger partial charge in [-0.25, -0.2) is 0 Å². The molecule has 0 saturated heterocycles. The van der Waals surface area contributed by atoms with Crippen LogP contribution in [0.2, 0.25) is 0 Å². The molecule has 1 aromatic heterocycles. The van der Waals surface area contributed by atoms with Crippen LogP contribution in [0.15, 0.2) is 35.5 Å². The number of carbonyl (C=O) groups is 1. The van der Waals surface area contributed by atoms with Gasteiger partial charge in [0.25, 0.3) is 5.91 Å². The highest BCUT2D eigenvalue weighted by atomic mass is 127. The lowest BCUT2D eigenvalue weighted by Gasteiger charge is -2.22. The number of nitrogens with one attached hydrogen (secondary N) is 1. The second-order valence-corrected chi connectivity index (χ2v) is 6.17. The predicted octanol–water partition coefficient (Wildman–Crippen LogP) is 1.90. The Labute approximate surface area is 163 Å². The van der Waals surface area contributed by atoms with Gasteiger partial charge < -0.3 is 16.8 Å². The summed E-state index contributed by atoms with van der Waals surface area (Å²) in [6, 6.07) is 7.97. The fourth-order valence-electron chi connectivity index (χ4n) is 3.00. The van der Waals surface area contributed by atoms with E-state index < -0.39 is 5.91 Å². The first-order chi connectivity index (χ1) is 11.5. The lowest BCUT2D eigenvalue weighted by atomic mass is 9.94. The number of guanidine groups is 1. The van der Waals surface area contributed by atoms with Crippen molar-refractivity contribution in [3.63, 3.8) is 0 Å². The SMILES string of the molecule is Cc1cccc(NC(N)=NCC2CCn3ncc(C(N)=O)c3C2)c1.I. The third kappa shape index (κ3) is 4.71. The second kappa shape index (κ2) is 8.32. The number of aromatic nitrogens is 2. The van der Waals surface area contributed by atoms with E-state index in [0.29, 0.717) is 24.0 Å². The first kappa shape index (κ1) is 19.2. The molecule has 1 unspecified atom stereocenters. The van der Waals surface area contributed by atoms with Crippen LogP contribution in [0, 0.1) is 12.8 Å².